The maximum absolute atomic E-state index is 4.73. The van der Waals surface area contributed by atoms with Gasteiger partial charge >= 0.3 is 0 Å². The Hall–Kier alpha value is -0.860. The summed E-state index contributed by atoms with van der Waals surface area (Å²) < 4.78 is 2.00. The average molecular weight is 432 g/mol. The first-order valence-electron chi connectivity index (χ1n) is 8.62. The molecule has 0 spiro atoms. The molecule has 2 aliphatic rings. The average Bonchev–Trinajstić information content (AvgIpc) is 3.07. The number of hydrogen-bond acceptors (Lipinski definition) is 3. The van der Waals surface area contributed by atoms with E-state index in [0.29, 0.717) is 12.6 Å². The molecule has 6 nitrogen and oxygen atoms in total. The lowest BCUT2D eigenvalue weighted by atomic mass is 9.85. The molecule has 0 bridgehead atoms. The summed E-state index contributed by atoms with van der Waals surface area (Å²) in [5.74, 6) is 3.61. The van der Waals surface area contributed by atoms with E-state index in [0.717, 1.165) is 30.1 Å². The molecule has 3 rings (SSSR count). The Kier molecular flexibility index (Phi) is 7.10. The highest BCUT2D eigenvalue weighted by Gasteiger charge is 2.20. The summed E-state index contributed by atoms with van der Waals surface area (Å²) in [5, 5.41) is 15.4. The monoisotopic (exact) mass is 432 g/mol. The van der Waals surface area contributed by atoms with Crippen LogP contribution in [-0.4, -0.2) is 33.3 Å². The number of halogens is 1. The van der Waals surface area contributed by atoms with Crippen LogP contribution in [0.5, 0.6) is 0 Å². The second-order valence-corrected chi connectivity index (χ2v) is 6.69. The number of guanidine groups is 1. The van der Waals surface area contributed by atoms with Gasteiger partial charge in [-0.2, -0.15) is 0 Å². The van der Waals surface area contributed by atoms with Gasteiger partial charge in [-0.1, -0.05) is 19.3 Å². The Morgan fingerprint density at radius 3 is 2.48 bits per heavy atom. The van der Waals surface area contributed by atoms with Crippen LogP contribution in [0.25, 0.3) is 0 Å². The van der Waals surface area contributed by atoms with Crippen molar-refractivity contribution in [2.45, 2.75) is 64.5 Å². The molecule has 2 N–H and O–H groups in total. The summed E-state index contributed by atoms with van der Waals surface area (Å²) in [7, 11) is 1.99. The fraction of sp³-hybridized carbons (Fsp3) is 0.812. The molecule has 1 aromatic heterocycles. The van der Waals surface area contributed by atoms with Crippen molar-refractivity contribution in [1.82, 2.24) is 25.4 Å². The Labute approximate surface area is 155 Å². The number of aryl methyl sites for hydroxylation is 1. The van der Waals surface area contributed by atoms with Crippen molar-refractivity contribution in [3.05, 3.63) is 11.6 Å². The van der Waals surface area contributed by atoms with E-state index in [1.54, 1.807) is 0 Å². The third-order valence-electron chi connectivity index (χ3n) is 5.04. The van der Waals surface area contributed by atoms with E-state index in [9.17, 15) is 0 Å². The van der Waals surface area contributed by atoms with Gasteiger partial charge in [0, 0.05) is 19.6 Å². The van der Waals surface area contributed by atoms with Crippen LogP contribution in [0.1, 0.15) is 56.6 Å². The van der Waals surface area contributed by atoms with Crippen LogP contribution in [0.4, 0.5) is 0 Å². The van der Waals surface area contributed by atoms with Crippen molar-refractivity contribution in [2.75, 3.05) is 6.54 Å². The molecular weight excluding hydrogens is 403 g/mol. The van der Waals surface area contributed by atoms with E-state index in [1.165, 1.54) is 44.9 Å². The fourth-order valence-corrected chi connectivity index (χ4v) is 3.09. The number of rotatable bonds is 5. The van der Waals surface area contributed by atoms with Crippen molar-refractivity contribution in [3.63, 3.8) is 0 Å². The lowest BCUT2D eigenvalue weighted by Crippen LogP contribution is -2.44. The zero-order chi connectivity index (χ0) is 15.4. The highest BCUT2D eigenvalue weighted by molar-refractivity contribution is 14.0. The van der Waals surface area contributed by atoms with Gasteiger partial charge in [0.15, 0.2) is 11.8 Å². The minimum Gasteiger partial charge on any atom is -0.356 e. The van der Waals surface area contributed by atoms with Crippen LogP contribution in [0.2, 0.25) is 0 Å². The topological polar surface area (TPSA) is 67.1 Å². The minimum absolute atomic E-state index is 0. The van der Waals surface area contributed by atoms with E-state index in [4.69, 9.17) is 4.99 Å². The summed E-state index contributed by atoms with van der Waals surface area (Å²) in [6.07, 6.45) is 9.26. The first-order chi connectivity index (χ1) is 10.7. The predicted molar refractivity (Wildman–Crippen MR) is 103 cm³/mol. The molecule has 2 aliphatic carbocycles. The van der Waals surface area contributed by atoms with Crippen molar-refractivity contribution in [1.29, 1.82) is 0 Å². The van der Waals surface area contributed by atoms with Crippen LogP contribution in [0.15, 0.2) is 4.99 Å². The standard InChI is InChI=1S/C16H28N6.HI/c1-12-20-21-15(22(12)2)11-18-16(17-10-13-6-5-7-13)19-14-8-3-4-9-14;/h13-14H,3-11H2,1-2H3,(H2,17,18,19);1H. The molecule has 0 unspecified atom stereocenters. The Morgan fingerprint density at radius 1 is 1.17 bits per heavy atom. The van der Waals surface area contributed by atoms with Gasteiger partial charge in [0.25, 0.3) is 0 Å². The third-order valence-corrected chi connectivity index (χ3v) is 5.04. The summed E-state index contributed by atoms with van der Waals surface area (Å²) in [6, 6.07) is 0.578. The molecule has 0 aromatic carbocycles. The molecule has 0 atom stereocenters. The molecule has 2 fully saturated rings. The van der Waals surface area contributed by atoms with E-state index in [2.05, 4.69) is 20.8 Å². The van der Waals surface area contributed by atoms with Gasteiger partial charge < -0.3 is 15.2 Å². The smallest absolute Gasteiger partial charge is 0.191 e. The molecule has 0 aliphatic heterocycles. The van der Waals surface area contributed by atoms with Gasteiger partial charge in [0.05, 0.1) is 0 Å². The van der Waals surface area contributed by atoms with Crippen LogP contribution < -0.4 is 10.6 Å². The van der Waals surface area contributed by atoms with Gasteiger partial charge in [-0.3, -0.25) is 0 Å². The summed E-state index contributed by atoms with van der Waals surface area (Å²) in [5.41, 5.74) is 0. The van der Waals surface area contributed by atoms with Gasteiger partial charge in [-0.05, 0) is 38.5 Å². The number of aliphatic imine (C=N–C) groups is 1. The predicted octanol–water partition coefficient (Wildman–Crippen LogP) is 2.52. The Balaban J connectivity index is 0.00000192. The number of nitrogens with zero attached hydrogens (tertiary/aromatic N) is 4. The second-order valence-electron chi connectivity index (χ2n) is 6.69. The molecule has 1 aromatic rings. The largest absolute Gasteiger partial charge is 0.356 e. The van der Waals surface area contributed by atoms with Gasteiger partial charge in [-0.15, -0.1) is 34.2 Å². The van der Waals surface area contributed by atoms with Crippen LogP contribution in [-0.2, 0) is 13.6 Å². The molecule has 130 valence electrons. The molecule has 2 saturated carbocycles. The zero-order valence-electron chi connectivity index (χ0n) is 14.2. The molecule has 0 amide bonds. The fourth-order valence-electron chi connectivity index (χ4n) is 3.09. The SMILES string of the molecule is Cc1nnc(CN=C(NCC2CCC2)NC2CCCC2)n1C.I. The summed E-state index contributed by atoms with van der Waals surface area (Å²) in [6.45, 7) is 3.58. The van der Waals surface area contributed by atoms with Gasteiger partial charge in [-0.25, -0.2) is 4.99 Å². The number of nitrogens with one attached hydrogen (secondary N) is 2. The van der Waals surface area contributed by atoms with Gasteiger partial charge in [0.2, 0.25) is 0 Å². The minimum atomic E-state index is 0. The molecule has 0 radical (unpaired) electrons. The maximum Gasteiger partial charge on any atom is 0.191 e. The maximum atomic E-state index is 4.73. The summed E-state index contributed by atoms with van der Waals surface area (Å²) in [4.78, 5) is 4.73. The third kappa shape index (κ3) is 5.06. The quantitative estimate of drug-likeness (QED) is 0.427. The van der Waals surface area contributed by atoms with E-state index in [1.807, 2.05) is 18.5 Å². The molecular formula is C16H29IN6. The van der Waals surface area contributed by atoms with Crippen molar-refractivity contribution in [3.8, 4) is 0 Å². The lowest BCUT2D eigenvalue weighted by Gasteiger charge is -2.27. The number of hydrogen-bond donors (Lipinski definition) is 2. The van der Waals surface area contributed by atoms with Crippen molar-refractivity contribution < 1.29 is 0 Å². The van der Waals surface area contributed by atoms with Crippen molar-refractivity contribution >= 4 is 29.9 Å². The molecule has 23 heavy (non-hydrogen) atoms. The second kappa shape index (κ2) is 8.84. The van der Waals surface area contributed by atoms with Crippen LogP contribution in [0.3, 0.4) is 0 Å². The number of aromatic nitrogens is 3. The normalized spacial score (nSPS) is 19.3. The Bertz CT molecular complexity index is 517. The van der Waals surface area contributed by atoms with Crippen molar-refractivity contribution in [2.24, 2.45) is 18.0 Å². The zero-order valence-corrected chi connectivity index (χ0v) is 16.5. The van der Waals surface area contributed by atoms with Crippen LogP contribution in [0, 0.1) is 12.8 Å². The van der Waals surface area contributed by atoms with E-state index >= 15 is 0 Å². The first-order valence-corrected chi connectivity index (χ1v) is 8.62. The van der Waals surface area contributed by atoms with Crippen LogP contribution >= 0.6 is 24.0 Å². The molecule has 7 heteroatoms. The molecule has 0 saturated heterocycles. The first kappa shape index (κ1) is 18.5. The lowest BCUT2D eigenvalue weighted by molar-refractivity contribution is 0.314. The summed E-state index contributed by atoms with van der Waals surface area (Å²) >= 11 is 0. The molecule has 1 heterocycles. The highest BCUT2D eigenvalue weighted by Crippen LogP contribution is 2.25. The van der Waals surface area contributed by atoms with E-state index < -0.39 is 0 Å². The highest BCUT2D eigenvalue weighted by atomic mass is 127. The van der Waals surface area contributed by atoms with Gasteiger partial charge in [0.1, 0.15) is 12.4 Å². The Morgan fingerprint density at radius 2 is 1.91 bits per heavy atom. The van der Waals surface area contributed by atoms with E-state index in [-0.39, 0.29) is 24.0 Å².